The lowest BCUT2D eigenvalue weighted by molar-refractivity contribution is 0.461. The van der Waals surface area contributed by atoms with Crippen LogP contribution in [0.5, 0.6) is 0 Å². The fourth-order valence-electron chi connectivity index (χ4n) is 3.30. The summed E-state index contributed by atoms with van der Waals surface area (Å²) in [4.78, 5) is 17.8. The van der Waals surface area contributed by atoms with Crippen molar-refractivity contribution in [1.29, 1.82) is 0 Å². The Hall–Kier alpha value is -2.76. The predicted molar refractivity (Wildman–Crippen MR) is 100 cm³/mol. The smallest absolute Gasteiger partial charge is 0.223 e. The minimum Gasteiger partial charge on any atom is -0.351 e. The Bertz CT molecular complexity index is 873. The third kappa shape index (κ3) is 3.68. The Labute approximate surface area is 147 Å². The monoisotopic (exact) mass is 334 g/mol. The molecule has 0 saturated heterocycles. The number of benzene rings is 1. The summed E-state index contributed by atoms with van der Waals surface area (Å²) in [7, 11) is 0. The van der Waals surface area contributed by atoms with E-state index in [1.165, 1.54) is 44.0 Å². The molecule has 6 heteroatoms. The molecule has 0 amide bonds. The van der Waals surface area contributed by atoms with E-state index in [1.54, 1.807) is 6.20 Å². The van der Waals surface area contributed by atoms with Gasteiger partial charge in [-0.05, 0) is 37.5 Å². The maximum absolute atomic E-state index is 4.68. The van der Waals surface area contributed by atoms with E-state index in [9.17, 15) is 0 Å². The van der Waals surface area contributed by atoms with E-state index in [2.05, 4.69) is 49.6 Å². The summed E-state index contributed by atoms with van der Waals surface area (Å²) in [6.07, 6.45) is 9.54. The molecule has 1 saturated carbocycles. The van der Waals surface area contributed by atoms with Crippen LogP contribution in [-0.2, 0) is 0 Å². The van der Waals surface area contributed by atoms with Crippen LogP contribution in [0.15, 0.2) is 36.8 Å². The van der Waals surface area contributed by atoms with Crippen LogP contribution in [-0.4, -0.2) is 26.0 Å². The van der Waals surface area contributed by atoms with Crippen molar-refractivity contribution in [3.8, 4) is 0 Å². The molecular formula is C19H22N6. The summed E-state index contributed by atoms with van der Waals surface area (Å²) in [6, 6.07) is 8.65. The van der Waals surface area contributed by atoms with E-state index in [0.717, 1.165) is 16.7 Å². The van der Waals surface area contributed by atoms with Crippen LogP contribution < -0.4 is 10.6 Å². The van der Waals surface area contributed by atoms with Crippen LogP contribution in [0.4, 0.5) is 17.5 Å². The van der Waals surface area contributed by atoms with E-state index in [4.69, 9.17) is 0 Å². The first-order valence-electron chi connectivity index (χ1n) is 8.86. The molecule has 2 aromatic heterocycles. The maximum Gasteiger partial charge on any atom is 0.223 e. The standard InChI is InChI=1S/C19H22N6/c1-13-6-5-9-15(10-13)23-18-17-16(21-12-22-18)11-20-19(25-17)24-14-7-3-2-4-8-14/h5-6,9-12,14H,2-4,7-8H2,1H3,(H,20,24,25)(H,21,22,23). The van der Waals surface area contributed by atoms with Gasteiger partial charge in [-0.1, -0.05) is 31.4 Å². The second-order valence-electron chi connectivity index (χ2n) is 6.62. The SMILES string of the molecule is Cc1cccc(Nc2ncnc3cnc(NC4CCCCC4)nc23)c1. The van der Waals surface area contributed by atoms with Crippen LogP contribution in [0.2, 0.25) is 0 Å². The van der Waals surface area contributed by atoms with Crippen molar-refractivity contribution in [3.63, 3.8) is 0 Å². The second kappa shape index (κ2) is 7.01. The highest BCUT2D eigenvalue weighted by Gasteiger charge is 2.15. The Kier molecular flexibility index (Phi) is 4.41. The summed E-state index contributed by atoms with van der Waals surface area (Å²) in [5.74, 6) is 1.35. The largest absolute Gasteiger partial charge is 0.351 e. The molecule has 4 rings (SSSR count). The second-order valence-corrected chi connectivity index (χ2v) is 6.62. The highest BCUT2D eigenvalue weighted by Crippen LogP contribution is 2.24. The van der Waals surface area contributed by atoms with Crippen LogP contribution >= 0.6 is 0 Å². The first-order valence-corrected chi connectivity index (χ1v) is 8.86. The lowest BCUT2D eigenvalue weighted by Crippen LogP contribution is -2.23. The van der Waals surface area contributed by atoms with Crippen molar-refractivity contribution in [2.45, 2.75) is 45.1 Å². The molecule has 2 N–H and O–H groups in total. The molecule has 0 aliphatic heterocycles. The Balaban J connectivity index is 1.63. The van der Waals surface area contributed by atoms with Gasteiger partial charge in [-0.15, -0.1) is 0 Å². The first kappa shape index (κ1) is 15.7. The molecule has 1 aliphatic rings. The van der Waals surface area contributed by atoms with Gasteiger partial charge in [0.25, 0.3) is 0 Å². The average Bonchev–Trinajstić information content (AvgIpc) is 2.63. The third-order valence-corrected chi connectivity index (χ3v) is 4.60. The van der Waals surface area contributed by atoms with Gasteiger partial charge in [-0.3, -0.25) is 0 Å². The van der Waals surface area contributed by atoms with Gasteiger partial charge < -0.3 is 10.6 Å². The number of rotatable bonds is 4. The minimum atomic E-state index is 0.462. The lowest BCUT2D eigenvalue weighted by atomic mass is 9.96. The van der Waals surface area contributed by atoms with Crippen LogP contribution in [0.3, 0.4) is 0 Å². The molecule has 2 heterocycles. The highest BCUT2D eigenvalue weighted by atomic mass is 15.1. The van der Waals surface area contributed by atoms with Gasteiger partial charge >= 0.3 is 0 Å². The lowest BCUT2D eigenvalue weighted by Gasteiger charge is -2.22. The number of hydrogen-bond donors (Lipinski definition) is 2. The zero-order chi connectivity index (χ0) is 17.1. The zero-order valence-corrected chi connectivity index (χ0v) is 14.4. The molecule has 0 spiro atoms. The topological polar surface area (TPSA) is 75.6 Å². The summed E-state index contributed by atoms with van der Waals surface area (Å²) in [6.45, 7) is 2.07. The molecule has 6 nitrogen and oxygen atoms in total. The first-order chi connectivity index (χ1) is 12.3. The Morgan fingerprint density at radius 2 is 1.92 bits per heavy atom. The summed E-state index contributed by atoms with van der Waals surface area (Å²) >= 11 is 0. The van der Waals surface area contributed by atoms with Gasteiger partial charge in [0.1, 0.15) is 17.4 Å². The van der Waals surface area contributed by atoms with Crippen LogP contribution in [0.1, 0.15) is 37.7 Å². The van der Waals surface area contributed by atoms with Crippen molar-refractivity contribution in [3.05, 3.63) is 42.4 Å². The van der Waals surface area contributed by atoms with Crippen molar-refractivity contribution in [2.24, 2.45) is 0 Å². The van der Waals surface area contributed by atoms with Crippen molar-refractivity contribution < 1.29 is 0 Å². The molecule has 25 heavy (non-hydrogen) atoms. The van der Waals surface area contributed by atoms with Gasteiger partial charge in [0.15, 0.2) is 5.82 Å². The van der Waals surface area contributed by atoms with Gasteiger partial charge in [-0.25, -0.2) is 19.9 Å². The third-order valence-electron chi connectivity index (χ3n) is 4.60. The molecule has 0 atom stereocenters. The van der Waals surface area contributed by atoms with Gasteiger partial charge in [-0.2, -0.15) is 0 Å². The molecule has 3 aromatic rings. The number of nitrogens with one attached hydrogen (secondary N) is 2. The minimum absolute atomic E-state index is 0.462. The molecular weight excluding hydrogens is 312 g/mol. The number of fused-ring (bicyclic) bond motifs is 1. The van der Waals surface area contributed by atoms with Gasteiger partial charge in [0.2, 0.25) is 5.95 Å². The molecule has 1 aromatic carbocycles. The highest BCUT2D eigenvalue weighted by molar-refractivity contribution is 5.87. The quantitative estimate of drug-likeness (QED) is 0.744. The maximum atomic E-state index is 4.68. The fraction of sp³-hybridized carbons (Fsp3) is 0.368. The predicted octanol–water partition coefficient (Wildman–Crippen LogP) is 4.22. The number of anilines is 3. The Morgan fingerprint density at radius 3 is 2.76 bits per heavy atom. The van der Waals surface area contributed by atoms with Crippen molar-refractivity contribution in [1.82, 2.24) is 19.9 Å². The van der Waals surface area contributed by atoms with Crippen molar-refractivity contribution in [2.75, 3.05) is 10.6 Å². The number of aryl methyl sites for hydroxylation is 1. The van der Waals surface area contributed by atoms with E-state index in [0.29, 0.717) is 17.8 Å². The molecule has 128 valence electrons. The van der Waals surface area contributed by atoms with Crippen LogP contribution in [0.25, 0.3) is 11.0 Å². The van der Waals surface area contributed by atoms with Gasteiger partial charge in [0, 0.05) is 11.7 Å². The van der Waals surface area contributed by atoms with Gasteiger partial charge in [0.05, 0.1) is 6.20 Å². The Morgan fingerprint density at radius 1 is 1.04 bits per heavy atom. The van der Waals surface area contributed by atoms with E-state index in [-0.39, 0.29) is 0 Å². The van der Waals surface area contributed by atoms with E-state index >= 15 is 0 Å². The van der Waals surface area contributed by atoms with Crippen molar-refractivity contribution >= 4 is 28.5 Å². The number of nitrogens with zero attached hydrogens (tertiary/aromatic N) is 4. The summed E-state index contributed by atoms with van der Waals surface area (Å²) in [5, 5.41) is 6.82. The van der Waals surface area contributed by atoms with E-state index < -0.39 is 0 Å². The fourth-order valence-corrected chi connectivity index (χ4v) is 3.30. The number of aromatic nitrogens is 4. The molecule has 0 radical (unpaired) electrons. The summed E-state index contributed by atoms with van der Waals surface area (Å²) < 4.78 is 0. The summed E-state index contributed by atoms with van der Waals surface area (Å²) in [5.41, 5.74) is 3.65. The molecule has 1 aliphatic carbocycles. The molecule has 0 unspecified atom stereocenters. The number of hydrogen-bond acceptors (Lipinski definition) is 6. The molecule has 0 bridgehead atoms. The van der Waals surface area contributed by atoms with Crippen LogP contribution in [0, 0.1) is 6.92 Å². The normalized spacial score (nSPS) is 15.2. The zero-order valence-electron chi connectivity index (χ0n) is 14.4. The van der Waals surface area contributed by atoms with E-state index in [1.807, 2.05) is 12.1 Å². The average molecular weight is 334 g/mol. The molecule has 1 fully saturated rings.